The molecule has 18 heavy (non-hydrogen) atoms. The van der Waals surface area contributed by atoms with Crippen LogP contribution >= 0.6 is 11.3 Å². The molecule has 1 heterocycles. The van der Waals surface area contributed by atoms with Gasteiger partial charge in [-0.3, -0.25) is 0 Å². The fourth-order valence-corrected chi connectivity index (χ4v) is 3.58. The highest BCUT2D eigenvalue weighted by Gasteiger charge is 2.23. The Hall–Kier alpha value is -0.410. The molecule has 0 aromatic carbocycles. The third-order valence-corrected chi connectivity index (χ3v) is 5.36. The van der Waals surface area contributed by atoms with Crippen LogP contribution in [0.25, 0.3) is 0 Å². The van der Waals surface area contributed by atoms with Crippen molar-refractivity contribution in [1.29, 1.82) is 0 Å². The van der Waals surface area contributed by atoms with Crippen LogP contribution in [0.1, 0.15) is 56.8 Å². The van der Waals surface area contributed by atoms with Crippen LogP contribution in [0.3, 0.4) is 0 Å². The number of rotatable bonds is 4. The minimum atomic E-state index is 0.183. The quantitative estimate of drug-likeness (QED) is 0.892. The molecule has 1 saturated carbocycles. The standard InChI is InChI=1S/C15H26N2S/c1-11-6-5-7-12(11)8-16-9-13-10-17-14(18-13)15(2,3)4/h10-12,16H,5-9H2,1-4H3. The van der Waals surface area contributed by atoms with Crippen LogP contribution in [0, 0.1) is 11.8 Å². The zero-order valence-electron chi connectivity index (χ0n) is 12.1. The lowest BCUT2D eigenvalue weighted by molar-refractivity contribution is 0.392. The molecule has 2 unspecified atom stereocenters. The van der Waals surface area contributed by atoms with E-state index >= 15 is 0 Å². The molecule has 2 atom stereocenters. The second-order valence-electron chi connectivity index (χ2n) is 6.68. The van der Waals surface area contributed by atoms with Crippen molar-refractivity contribution in [2.45, 2.75) is 58.9 Å². The first-order chi connectivity index (χ1) is 8.47. The van der Waals surface area contributed by atoms with Crippen LogP contribution in [0.4, 0.5) is 0 Å². The van der Waals surface area contributed by atoms with Crippen LogP contribution in [0.5, 0.6) is 0 Å². The summed E-state index contributed by atoms with van der Waals surface area (Å²) in [5.74, 6) is 1.80. The maximum atomic E-state index is 4.53. The monoisotopic (exact) mass is 266 g/mol. The third-order valence-electron chi connectivity index (χ3n) is 3.94. The molecule has 1 aliphatic rings. The van der Waals surface area contributed by atoms with Gasteiger partial charge in [0.1, 0.15) is 0 Å². The number of hydrogen-bond acceptors (Lipinski definition) is 3. The van der Waals surface area contributed by atoms with E-state index in [-0.39, 0.29) is 5.41 Å². The molecule has 0 radical (unpaired) electrons. The van der Waals surface area contributed by atoms with Crippen molar-refractivity contribution in [3.8, 4) is 0 Å². The number of hydrogen-bond donors (Lipinski definition) is 1. The zero-order valence-corrected chi connectivity index (χ0v) is 12.9. The first-order valence-electron chi connectivity index (χ1n) is 7.12. The first kappa shape index (κ1) is 14.0. The number of aromatic nitrogens is 1. The van der Waals surface area contributed by atoms with Crippen molar-refractivity contribution in [2.75, 3.05) is 6.54 Å². The second kappa shape index (κ2) is 5.70. The third kappa shape index (κ3) is 3.55. The molecule has 0 aliphatic heterocycles. The normalized spacial score (nSPS) is 24.7. The molecule has 2 nitrogen and oxygen atoms in total. The number of nitrogens with zero attached hydrogens (tertiary/aromatic N) is 1. The molecule has 1 aromatic rings. The van der Waals surface area contributed by atoms with Crippen LogP contribution in [0.2, 0.25) is 0 Å². The molecule has 1 fully saturated rings. The number of nitrogens with one attached hydrogen (secondary N) is 1. The van der Waals surface area contributed by atoms with Gasteiger partial charge in [0.25, 0.3) is 0 Å². The summed E-state index contributed by atoms with van der Waals surface area (Å²) in [5.41, 5.74) is 0.183. The fraction of sp³-hybridized carbons (Fsp3) is 0.800. The Balaban J connectivity index is 1.78. The van der Waals surface area contributed by atoms with E-state index < -0.39 is 0 Å². The highest BCUT2D eigenvalue weighted by atomic mass is 32.1. The molecule has 0 amide bonds. The molecule has 0 saturated heterocycles. The van der Waals surface area contributed by atoms with Gasteiger partial charge >= 0.3 is 0 Å². The average molecular weight is 266 g/mol. The molecule has 1 aliphatic carbocycles. The van der Waals surface area contributed by atoms with Gasteiger partial charge in [-0.1, -0.05) is 40.5 Å². The van der Waals surface area contributed by atoms with E-state index in [1.165, 1.54) is 35.7 Å². The van der Waals surface area contributed by atoms with Crippen LogP contribution in [-0.4, -0.2) is 11.5 Å². The second-order valence-corrected chi connectivity index (χ2v) is 7.80. The zero-order chi connectivity index (χ0) is 13.2. The van der Waals surface area contributed by atoms with Gasteiger partial charge in [-0.25, -0.2) is 4.98 Å². The van der Waals surface area contributed by atoms with Gasteiger partial charge in [0.2, 0.25) is 0 Å². The molecule has 1 N–H and O–H groups in total. The molecular formula is C15H26N2S. The highest BCUT2D eigenvalue weighted by Crippen LogP contribution is 2.30. The minimum absolute atomic E-state index is 0.183. The van der Waals surface area contributed by atoms with E-state index in [4.69, 9.17) is 0 Å². The molecule has 1 aromatic heterocycles. The van der Waals surface area contributed by atoms with Crippen molar-refractivity contribution in [3.63, 3.8) is 0 Å². The summed E-state index contributed by atoms with van der Waals surface area (Å²) in [7, 11) is 0. The predicted octanol–water partition coefficient (Wildman–Crippen LogP) is 3.97. The van der Waals surface area contributed by atoms with Crippen molar-refractivity contribution in [1.82, 2.24) is 10.3 Å². The van der Waals surface area contributed by atoms with E-state index in [1.807, 2.05) is 17.5 Å². The summed E-state index contributed by atoms with van der Waals surface area (Å²) in [5, 5.41) is 4.85. The fourth-order valence-electron chi connectivity index (χ4n) is 2.64. The highest BCUT2D eigenvalue weighted by molar-refractivity contribution is 7.11. The summed E-state index contributed by atoms with van der Waals surface area (Å²) in [4.78, 5) is 5.90. The molecular weight excluding hydrogens is 240 g/mol. The Labute approximate surface area is 115 Å². The van der Waals surface area contributed by atoms with E-state index in [0.717, 1.165) is 18.4 Å². The number of thiazole rings is 1. The minimum Gasteiger partial charge on any atom is -0.312 e. The van der Waals surface area contributed by atoms with Crippen molar-refractivity contribution < 1.29 is 0 Å². The SMILES string of the molecule is CC1CCCC1CNCc1cnc(C(C)(C)C)s1. The van der Waals surface area contributed by atoms with E-state index in [9.17, 15) is 0 Å². The Morgan fingerprint density at radius 3 is 2.72 bits per heavy atom. The van der Waals surface area contributed by atoms with E-state index in [2.05, 4.69) is 38.0 Å². The molecule has 2 rings (SSSR count). The van der Waals surface area contributed by atoms with E-state index in [1.54, 1.807) is 0 Å². The van der Waals surface area contributed by atoms with Gasteiger partial charge < -0.3 is 5.32 Å². The molecule has 3 heteroatoms. The Bertz CT molecular complexity index is 378. The summed E-state index contributed by atoms with van der Waals surface area (Å²) in [6.45, 7) is 11.2. The summed E-state index contributed by atoms with van der Waals surface area (Å²) in [6, 6.07) is 0. The lowest BCUT2D eigenvalue weighted by Gasteiger charge is -2.15. The van der Waals surface area contributed by atoms with Gasteiger partial charge in [-0.05, 0) is 24.8 Å². The molecule has 0 bridgehead atoms. The maximum absolute atomic E-state index is 4.53. The van der Waals surface area contributed by atoms with Crippen LogP contribution < -0.4 is 5.32 Å². The van der Waals surface area contributed by atoms with Gasteiger partial charge in [0.15, 0.2) is 0 Å². The average Bonchev–Trinajstić information content (AvgIpc) is 2.88. The summed E-state index contributed by atoms with van der Waals surface area (Å²) < 4.78 is 0. The molecule has 0 spiro atoms. The lowest BCUT2D eigenvalue weighted by atomic mass is 9.98. The van der Waals surface area contributed by atoms with Crippen molar-refractivity contribution >= 4 is 11.3 Å². The topological polar surface area (TPSA) is 24.9 Å². The Morgan fingerprint density at radius 1 is 1.39 bits per heavy atom. The Kier molecular flexibility index (Phi) is 4.44. The molecule has 102 valence electrons. The first-order valence-corrected chi connectivity index (χ1v) is 7.94. The van der Waals surface area contributed by atoms with Gasteiger partial charge in [0, 0.05) is 23.0 Å². The van der Waals surface area contributed by atoms with Crippen molar-refractivity contribution in [3.05, 3.63) is 16.1 Å². The largest absolute Gasteiger partial charge is 0.312 e. The predicted molar refractivity (Wildman–Crippen MR) is 79.0 cm³/mol. The summed E-state index contributed by atoms with van der Waals surface area (Å²) in [6.07, 6.45) is 6.28. The van der Waals surface area contributed by atoms with Gasteiger partial charge in [-0.2, -0.15) is 0 Å². The smallest absolute Gasteiger partial charge is 0.0981 e. The van der Waals surface area contributed by atoms with Crippen molar-refractivity contribution in [2.24, 2.45) is 11.8 Å². The van der Waals surface area contributed by atoms with Crippen LogP contribution in [0.15, 0.2) is 6.20 Å². The van der Waals surface area contributed by atoms with Crippen LogP contribution in [-0.2, 0) is 12.0 Å². The lowest BCUT2D eigenvalue weighted by Crippen LogP contribution is -2.23. The van der Waals surface area contributed by atoms with E-state index in [0.29, 0.717) is 0 Å². The summed E-state index contributed by atoms with van der Waals surface area (Å²) >= 11 is 1.85. The maximum Gasteiger partial charge on any atom is 0.0981 e. The van der Waals surface area contributed by atoms with Gasteiger partial charge in [0.05, 0.1) is 5.01 Å². The van der Waals surface area contributed by atoms with Gasteiger partial charge in [-0.15, -0.1) is 11.3 Å². The Morgan fingerprint density at radius 2 is 2.17 bits per heavy atom.